The average molecular weight is 246 g/mol. The van der Waals surface area contributed by atoms with E-state index in [1.54, 1.807) is 11.8 Å². The van der Waals surface area contributed by atoms with Gasteiger partial charge in [-0.2, -0.15) is 11.8 Å². The van der Waals surface area contributed by atoms with Crippen LogP contribution in [0.5, 0.6) is 0 Å². The van der Waals surface area contributed by atoms with E-state index in [0.717, 1.165) is 18.6 Å². The summed E-state index contributed by atoms with van der Waals surface area (Å²) in [6.45, 7) is 3.18. The van der Waals surface area contributed by atoms with E-state index in [1.807, 2.05) is 6.92 Å². The number of amides is 2. The molecule has 0 saturated carbocycles. The Morgan fingerprint density at radius 3 is 2.94 bits per heavy atom. The van der Waals surface area contributed by atoms with Gasteiger partial charge in [0.15, 0.2) is 0 Å². The van der Waals surface area contributed by atoms with Crippen molar-refractivity contribution < 1.29 is 14.7 Å². The van der Waals surface area contributed by atoms with Gasteiger partial charge < -0.3 is 15.3 Å². The first-order valence-corrected chi connectivity index (χ1v) is 6.67. The van der Waals surface area contributed by atoms with Crippen LogP contribution in [-0.2, 0) is 4.79 Å². The first-order chi connectivity index (χ1) is 7.66. The lowest BCUT2D eigenvalue weighted by molar-refractivity contribution is -0.141. The van der Waals surface area contributed by atoms with E-state index in [-0.39, 0.29) is 6.03 Å². The maximum Gasteiger partial charge on any atom is 0.327 e. The fourth-order valence-electron chi connectivity index (χ4n) is 1.52. The first kappa shape index (κ1) is 13.2. The van der Waals surface area contributed by atoms with Crippen molar-refractivity contribution in [1.82, 2.24) is 10.2 Å². The topological polar surface area (TPSA) is 69.6 Å². The Kier molecular flexibility index (Phi) is 5.45. The minimum atomic E-state index is -0.919. The molecule has 6 heteroatoms. The van der Waals surface area contributed by atoms with Crippen LogP contribution < -0.4 is 5.32 Å². The van der Waals surface area contributed by atoms with Crippen molar-refractivity contribution in [3.8, 4) is 0 Å². The van der Waals surface area contributed by atoms with Crippen LogP contribution in [0.4, 0.5) is 4.79 Å². The molecule has 0 aliphatic carbocycles. The number of rotatable bonds is 4. The molecule has 0 aromatic heterocycles. The summed E-state index contributed by atoms with van der Waals surface area (Å²) in [5.74, 6) is 0.374. The van der Waals surface area contributed by atoms with Crippen molar-refractivity contribution >= 4 is 23.8 Å². The summed E-state index contributed by atoms with van der Waals surface area (Å²) < 4.78 is 0. The summed E-state index contributed by atoms with van der Waals surface area (Å²) in [6, 6.07) is -0.929. The number of urea groups is 1. The molecule has 1 rings (SSSR count). The van der Waals surface area contributed by atoms with Crippen LogP contribution in [0.3, 0.4) is 0 Å². The molecule has 16 heavy (non-hydrogen) atoms. The molecule has 2 N–H and O–H groups in total. The predicted octanol–water partition coefficient (Wildman–Crippen LogP) is 0.998. The Bertz CT molecular complexity index is 260. The third kappa shape index (κ3) is 3.59. The minimum Gasteiger partial charge on any atom is -0.480 e. The van der Waals surface area contributed by atoms with E-state index >= 15 is 0 Å². The van der Waals surface area contributed by atoms with Crippen LogP contribution in [0.2, 0.25) is 0 Å². The predicted molar refractivity (Wildman–Crippen MR) is 63.8 cm³/mol. The van der Waals surface area contributed by atoms with Crippen molar-refractivity contribution in [3.05, 3.63) is 0 Å². The molecule has 92 valence electrons. The smallest absolute Gasteiger partial charge is 0.327 e. The lowest BCUT2D eigenvalue weighted by Crippen LogP contribution is -2.53. The second kappa shape index (κ2) is 6.62. The van der Waals surface area contributed by atoms with Crippen LogP contribution in [0.25, 0.3) is 0 Å². The highest BCUT2D eigenvalue weighted by Gasteiger charge is 2.31. The van der Waals surface area contributed by atoms with Crippen molar-refractivity contribution in [2.24, 2.45) is 0 Å². The molecule has 0 bridgehead atoms. The number of carboxylic acids is 1. The summed E-state index contributed by atoms with van der Waals surface area (Å²) in [7, 11) is 0. The summed E-state index contributed by atoms with van der Waals surface area (Å²) in [4.78, 5) is 24.1. The van der Waals surface area contributed by atoms with Crippen LogP contribution in [0, 0.1) is 0 Å². The number of hydrogen-bond donors (Lipinski definition) is 2. The van der Waals surface area contributed by atoms with E-state index in [1.165, 1.54) is 4.90 Å². The zero-order valence-corrected chi connectivity index (χ0v) is 10.3. The highest BCUT2D eigenvalue weighted by Crippen LogP contribution is 2.16. The average Bonchev–Trinajstić information content (AvgIpc) is 2.29. The summed E-state index contributed by atoms with van der Waals surface area (Å²) in [5, 5.41) is 11.7. The maximum absolute atomic E-state index is 11.7. The van der Waals surface area contributed by atoms with Crippen LogP contribution in [0.1, 0.15) is 19.8 Å². The molecule has 2 amide bonds. The number of carboxylic acid groups (broad SMARTS) is 1. The highest BCUT2D eigenvalue weighted by atomic mass is 32.2. The summed E-state index contributed by atoms with van der Waals surface area (Å²) >= 11 is 1.58. The quantitative estimate of drug-likeness (QED) is 0.726. The molecule has 1 aliphatic rings. The molecule has 0 aromatic carbocycles. The van der Waals surface area contributed by atoms with Gasteiger partial charge in [-0.25, -0.2) is 9.59 Å². The second-order valence-corrected chi connectivity index (χ2v) is 4.86. The molecule has 0 spiro atoms. The number of thioether (sulfide) groups is 1. The van der Waals surface area contributed by atoms with Gasteiger partial charge in [-0.05, 0) is 6.42 Å². The van der Waals surface area contributed by atoms with Crippen molar-refractivity contribution in [2.45, 2.75) is 25.8 Å². The fraction of sp³-hybridized carbons (Fsp3) is 0.800. The SMILES string of the molecule is CCCCNC(=O)N1CCSCC1C(=O)O. The van der Waals surface area contributed by atoms with E-state index in [0.29, 0.717) is 18.8 Å². The van der Waals surface area contributed by atoms with Gasteiger partial charge in [-0.3, -0.25) is 0 Å². The van der Waals surface area contributed by atoms with Gasteiger partial charge in [0.05, 0.1) is 0 Å². The van der Waals surface area contributed by atoms with Gasteiger partial charge in [0.2, 0.25) is 0 Å². The highest BCUT2D eigenvalue weighted by molar-refractivity contribution is 7.99. The van der Waals surface area contributed by atoms with Gasteiger partial charge in [-0.1, -0.05) is 13.3 Å². The minimum absolute atomic E-state index is 0.249. The molecule has 1 unspecified atom stereocenters. The zero-order valence-electron chi connectivity index (χ0n) is 9.44. The monoisotopic (exact) mass is 246 g/mol. The van der Waals surface area contributed by atoms with Crippen molar-refractivity contribution in [1.29, 1.82) is 0 Å². The van der Waals surface area contributed by atoms with E-state index < -0.39 is 12.0 Å². The molecule has 5 nitrogen and oxygen atoms in total. The molecule has 0 aromatic rings. The molecule has 1 saturated heterocycles. The van der Waals surface area contributed by atoms with E-state index in [4.69, 9.17) is 5.11 Å². The number of nitrogens with zero attached hydrogens (tertiary/aromatic N) is 1. The van der Waals surface area contributed by atoms with Gasteiger partial charge >= 0.3 is 12.0 Å². The van der Waals surface area contributed by atoms with Gasteiger partial charge in [0, 0.05) is 24.6 Å². The number of unbranched alkanes of at least 4 members (excludes halogenated alkanes) is 1. The first-order valence-electron chi connectivity index (χ1n) is 5.51. The third-order valence-corrected chi connectivity index (χ3v) is 3.50. The third-order valence-electron chi connectivity index (χ3n) is 2.48. The largest absolute Gasteiger partial charge is 0.480 e. The number of hydrogen-bond acceptors (Lipinski definition) is 3. The summed E-state index contributed by atoms with van der Waals surface area (Å²) in [6.07, 6.45) is 1.94. The van der Waals surface area contributed by atoms with E-state index in [2.05, 4.69) is 5.32 Å². The van der Waals surface area contributed by atoms with Crippen LogP contribution >= 0.6 is 11.8 Å². The van der Waals surface area contributed by atoms with Crippen molar-refractivity contribution in [2.75, 3.05) is 24.6 Å². The number of carbonyl (C=O) groups is 2. The fourth-order valence-corrected chi connectivity index (χ4v) is 2.56. The Morgan fingerprint density at radius 1 is 1.56 bits per heavy atom. The number of carbonyl (C=O) groups excluding carboxylic acids is 1. The Balaban J connectivity index is 2.47. The van der Waals surface area contributed by atoms with E-state index in [9.17, 15) is 9.59 Å². The second-order valence-electron chi connectivity index (χ2n) is 3.71. The van der Waals surface area contributed by atoms with Gasteiger partial charge in [0.1, 0.15) is 6.04 Å². The van der Waals surface area contributed by atoms with Crippen molar-refractivity contribution in [3.63, 3.8) is 0 Å². The molecule has 1 aliphatic heterocycles. The number of aliphatic carboxylic acids is 1. The molecule has 0 radical (unpaired) electrons. The van der Waals surface area contributed by atoms with Crippen LogP contribution in [-0.4, -0.2) is 52.6 Å². The Hall–Kier alpha value is -0.910. The standard InChI is InChI=1S/C10H18N2O3S/c1-2-3-4-11-10(15)12-5-6-16-7-8(12)9(13)14/h8H,2-7H2,1H3,(H,11,15)(H,13,14). The lowest BCUT2D eigenvalue weighted by atomic mass is 10.3. The van der Waals surface area contributed by atoms with Gasteiger partial charge in [0.25, 0.3) is 0 Å². The molecule has 1 heterocycles. The maximum atomic E-state index is 11.7. The molecule has 1 fully saturated rings. The summed E-state index contributed by atoms with van der Waals surface area (Å²) in [5.41, 5.74) is 0. The molecule has 1 atom stereocenters. The molecular formula is C10H18N2O3S. The Morgan fingerprint density at radius 2 is 2.31 bits per heavy atom. The molecular weight excluding hydrogens is 228 g/mol. The number of nitrogens with one attached hydrogen (secondary N) is 1. The Labute approximate surface area is 99.6 Å². The zero-order chi connectivity index (χ0) is 12.0. The van der Waals surface area contributed by atoms with Gasteiger partial charge in [-0.15, -0.1) is 0 Å². The van der Waals surface area contributed by atoms with Crippen LogP contribution in [0.15, 0.2) is 0 Å². The lowest BCUT2D eigenvalue weighted by Gasteiger charge is -2.32. The normalized spacial score (nSPS) is 20.6.